The number of rotatable bonds is 1. The van der Waals surface area contributed by atoms with E-state index in [1.807, 2.05) is 0 Å². The third-order valence-electron chi connectivity index (χ3n) is 1.89. The van der Waals surface area contributed by atoms with Crippen molar-refractivity contribution in [3.63, 3.8) is 0 Å². The molecule has 0 saturated carbocycles. The number of nitrogens with one attached hydrogen (secondary N) is 1. The summed E-state index contributed by atoms with van der Waals surface area (Å²) in [5.41, 5.74) is 2.35. The SMILES string of the molecule is O=Cc1ccc2c(c1)CC(=O)N2.[Cr+3].[Cr+3].[O-2].[O-2].[O-2]. The Labute approximate surface area is 120 Å². The largest absolute Gasteiger partial charge is 3.00 e. The molecule has 1 aromatic rings. The molecule has 0 atom stereocenters. The summed E-state index contributed by atoms with van der Waals surface area (Å²) in [4.78, 5) is 21.3. The molecular weight excluding hydrogens is 306 g/mol. The molecule has 17 heavy (non-hydrogen) atoms. The van der Waals surface area contributed by atoms with Crippen molar-refractivity contribution in [2.24, 2.45) is 0 Å². The standard InChI is InChI=1S/C9H7NO2.2Cr.3O/c11-5-6-1-2-8-7(3-6)4-9(12)10-8;;;;;/h1-3,5H,4H2,(H,10,12);;;;;/q;2*+3;3*-2. The average molecular weight is 313 g/mol. The number of hydrogen-bond acceptors (Lipinski definition) is 2. The van der Waals surface area contributed by atoms with Crippen LogP contribution in [0.1, 0.15) is 15.9 Å². The van der Waals surface area contributed by atoms with Gasteiger partial charge < -0.3 is 21.7 Å². The van der Waals surface area contributed by atoms with Gasteiger partial charge in [0.05, 0.1) is 6.42 Å². The summed E-state index contributed by atoms with van der Waals surface area (Å²) in [7, 11) is 0. The van der Waals surface area contributed by atoms with Gasteiger partial charge in [-0.15, -0.1) is 0 Å². The van der Waals surface area contributed by atoms with Crippen molar-refractivity contribution in [2.75, 3.05) is 5.32 Å². The quantitative estimate of drug-likeness (QED) is 0.762. The molecule has 90 valence electrons. The molecule has 8 heteroatoms. The third kappa shape index (κ3) is 5.45. The Bertz CT molecular complexity index is 372. The number of hydrogen-bond donors (Lipinski definition) is 1. The van der Waals surface area contributed by atoms with E-state index in [1.165, 1.54) is 0 Å². The molecule has 2 radical (unpaired) electrons. The molecule has 1 aliphatic heterocycles. The van der Waals surface area contributed by atoms with Crippen molar-refractivity contribution in [2.45, 2.75) is 6.42 Å². The van der Waals surface area contributed by atoms with Crippen molar-refractivity contribution >= 4 is 17.9 Å². The van der Waals surface area contributed by atoms with Crippen molar-refractivity contribution in [3.05, 3.63) is 29.3 Å². The smallest absolute Gasteiger partial charge is 2.00 e. The minimum atomic E-state index is -0.00644. The van der Waals surface area contributed by atoms with Crippen molar-refractivity contribution < 1.29 is 60.7 Å². The second kappa shape index (κ2) is 10.5. The fraction of sp³-hybridized carbons (Fsp3) is 0.111. The summed E-state index contributed by atoms with van der Waals surface area (Å²) in [6.07, 6.45) is 1.17. The van der Waals surface area contributed by atoms with Crippen molar-refractivity contribution in [1.29, 1.82) is 0 Å². The summed E-state index contributed by atoms with van der Waals surface area (Å²) in [6.45, 7) is 0. The number of fused-ring (bicyclic) bond motifs is 1. The first-order valence-corrected chi connectivity index (χ1v) is 3.67. The van der Waals surface area contributed by atoms with Gasteiger partial charge in [-0.25, -0.2) is 0 Å². The molecule has 0 aromatic heterocycles. The van der Waals surface area contributed by atoms with Crippen LogP contribution in [0.15, 0.2) is 18.2 Å². The summed E-state index contributed by atoms with van der Waals surface area (Å²) >= 11 is 0. The van der Waals surface area contributed by atoms with E-state index in [0.29, 0.717) is 12.0 Å². The third-order valence-corrected chi connectivity index (χ3v) is 1.89. The van der Waals surface area contributed by atoms with Gasteiger partial charge in [-0.1, -0.05) is 0 Å². The molecule has 1 amide bonds. The van der Waals surface area contributed by atoms with E-state index in [9.17, 15) is 9.59 Å². The zero-order valence-electron chi connectivity index (χ0n) is 8.37. The van der Waals surface area contributed by atoms with E-state index < -0.39 is 0 Å². The summed E-state index contributed by atoms with van der Waals surface area (Å²) in [5, 5.41) is 2.69. The first-order chi connectivity index (χ1) is 5.79. The fourth-order valence-corrected chi connectivity index (χ4v) is 1.32. The summed E-state index contributed by atoms with van der Waals surface area (Å²) in [5.74, 6) is -0.00644. The molecule has 0 aliphatic carbocycles. The first kappa shape index (κ1) is 25.2. The molecule has 1 aromatic carbocycles. The van der Waals surface area contributed by atoms with Crippen LogP contribution in [0.3, 0.4) is 0 Å². The first-order valence-electron chi connectivity index (χ1n) is 3.67. The Hall–Kier alpha value is -0.695. The van der Waals surface area contributed by atoms with Crippen LogP contribution >= 0.6 is 0 Å². The van der Waals surface area contributed by atoms with E-state index in [1.54, 1.807) is 18.2 Å². The maximum absolute atomic E-state index is 10.9. The Kier molecular flexibility index (Phi) is 15.5. The molecule has 6 nitrogen and oxygen atoms in total. The zero-order chi connectivity index (χ0) is 8.55. The van der Waals surface area contributed by atoms with Gasteiger partial charge in [-0.2, -0.15) is 0 Å². The Morgan fingerprint density at radius 3 is 2.24 bits per heavy atom. The maximum Gasteiger partial charge on any atom is 3.00 e. The molecule has 0 unspecified atom stereocenters. The monoisotopic (exact) mass is 313 g/mol. The molecule has 0 spiro atoms. The van der Waals surface area contributed by atoms with Crippen molar-refractivity contribution in [1.82, 2.24) is 0 Å². The van der Waals surface area contributed by atoms with Crippen LogP contribution < -0.4 is 5.32 Å². The number of aldehydes is 1. The molecule has 0 saturated heterocycles. The molecule has 0 fully saturated rings. The van der Waals surface area contributed by atoms with E-state index in [4.69, 9.17) is 0 Å². The van der Waals surface area contributed by atoms with E-state index in [-0.39, 0.29) is 57.1 Å². The zero-order valence-corrected chi connectivity index (χ0v) is 10.9. The van der Waals surface area contributed by atoms with Crippen LogP contribution in [0, 0.1) is 0 Å². The minimum Gasteiger partial charge on any atom is -2.00 e. The van der Waals surface area contributed by atoms with Crippen LogP contribution in [-0.2, 0) is 62.4 Å². The molecular formula is C9H7Cr2NO5. The minimum absolute atomic E-state index is 0. The van der Waals surface area contributed by atoms with E-state index in [2.05, 4.69) is 5.32 Å². The van der Waals surface area contributed by atoms with Gasteiger partial charge in [0, 0.05) is 11.3 Å². The number of carbonyl (C=O) groups excluding carboxylic acids is 2. The van der Waals surface area contributed by atoms with Crippen LogP contribution in [0.5, 0.6) is 0 Å². The number of carbonyl (C=O) groups is 2. The van der Waals surface area contributed by atoms with Gasteiger partial charge >= 0.3 is 34.7 Å². The maximum atomic E-state index is 10.9. The molecule has 0 bridgehead atoms. The van der Waals surface area contributed by atoms with Gasteiger partial charge in [0.2, 0.25) is 5.91 Å². The van der Waals surface area contributed by atoms with Gasteiger partial charge in [-0.05, 0) is 23.8 Å². The van der Waals surface area contributed by atoms with E-state index >= 15 is 0 Å². The Morgan fingerprint density at radius 2 is 1.71 bits per heavy atom. The average Bonchev–Trinajstić information content (AvgIpc) is 2.43. The van der Waals surface area contributed by atoms with E-state index in [0.717, 1.165) is 17.5 Å². The van der Waals surface area contributed by atoms with Crippen LogP contribution in [-0.4, -0.2) is 12.2 Å². The Morgan fingerprint density at radius 1 is 1.12 bits per heavy atom. The van der Waals surface area contributed by atoms with Crippen LogP contribution in [0.4, 0.5) is 5.69 Å². The number of benzene rings is 1. The second-order valence-electron chi connectivity index (χ2n) is 2.76. The number of anilines is 1. The van der Waals surface area contributed by atoms with Gasteiger partial charge in [0.1, 0.15) is 6.29 Å². The molecule has 1 heterocycles. The van der Waals surface area contributed by atoms with Gasteiger partial charge in [0.25, 0.3) is 0 Å². The normalized spacial score (nSPS) is 9.76. The summed E-state index contributed by atoms with van der Waals surface area (Å²) in [6, 6.07) is 5.18. The van der Waals surface area contributed by atoms with Gasteiger partial charge in [-0.3, -0.25) is 9.59 Å². The number of amides is 1. The van der Waals surface area contributed by atoms with Gasteiger partial charge in [0.15, 0.2) is 0 Å². The fourth-order valence-electron chi connectivity index (χ4n) is 1.32. The van der Waals surface area contributed by atoms with Crippen molar-refractivity contribution in [3.8, 4) is 0 Å². The molecule has 2 rings (SSSR count). The predicted molar refractivity (Wildman–Crippen MR) is 46.2 cm³/mol. The topological polar surface area (TPSA) is 132 Å². The van der Waals surface area contributed by atoms with Crippen LogP contribution in [0.2, 0.25) is 0 Å². The predicted octanol–water partition coefficient (Wildman–Crippen LogP) is 0.632. The second-order valence-corrected chi connectivity index (χ2v) is 2.76. The molecule has 1 aliphatic rings. The molecule has 1 N–H and O–H groups in total. The Balaban J connectivity index is -0.000000169. The van der Waals surface area contributed by atoms with Crippen LogP contribution in [0.25, 0.3) is 0 Å². The summed E-state index contributed by atoms with van der Waals surface area (Å²) < 4.78 is 0.